The number of rotatable bonds is 9. The summed E-state index contributed by atoms with van der Waals surface area (Å²) in [6, 6.07) is 80.8. The molecule has 0 saturated carbocycles. The number of para-hydroxylation sites is 3. The Labute approximate surface area is 404 Å². The normalized spacial score (nSPS) is 10.8. The van der Waals surface area contributed by atoms with E-state index >= 15 is 0 Å². The summed E-state index contributed by atoms with van der Waals surface area (Å²) in [6.45, 7) is 0. The first-order valence-electron chi connectivity index (χ1n) is 22.5. The molecule has 8 nitrogen and oxygen atoms in total. The minimum Gasteiger partial charge on any atom is -0.310 e. The van der Waals surface area contributed by atoms with Crippen molar-refractivity contribution in [2.45, 2.75) is 0 Å². The van der Waals surface area contributed by atoms with Crippen LogP contribution >= 0.6 is 0 Å². The molecule has 70 heavy (non-hydrogen) atoms. The van der Waals surface area contributed by atoms with Crippen molar-refractivity contribution in [3.8, 4) is 86.1 Å². The Hall–Kier alpha value is -10.4. The molecule has 8 heteroatoms. The highest BCUT2D eigenvalue weighted by atomic mass is 15.1. The number of benzene rings is 9. The largest absolute Gasteiger partial charge is 0.310 e. The molecule has 0 bridgehead atoms. The van der Waals surface area contributed by atoms with Crippen molar-refractivity contribution >= 4 is 38.9 Å². The van der Waals surface area contributed by atoms with E-state index in [4.69, 9.17) is 9.97 Å². The highest BCUT2D eigenvalue weighted by Gasteiger charge is 2.21. The van der Waals surface area contributed by atoms with Crippen molar-refractivity contribution in [3.63, 3.8) is 0 Å². The molecule has 2 aromatic heterocycles. The molecule has 0 saturated heterocycles. The van der Waals surface area contributed by atoms with Crippen LogP contribution in [0.2, 0.25) is 0 Å². The van der Waals surface area contributed by atoms with Gasteiger partial charge in [0.25, 0.3) is 0 Å². The summed E-state index contributed by atoms with van der Waals surface area (Å²) >= 11 is 0. The lowest BCUT2D eigenvalue weighted by atomic mass is 9.92. The van der Waals surface area contributed by atoms with Gasteiger partial charge in [-0.1, -0.05) is 127 Å². The molecule has 0 aliphatic carbocycles. The standard InChI is InChI=1S/C62H36N8/c63-37-41-11-9-13-47(31-41)58-36-57(67-62(68-58)48-14-10-12-42(32-48)38-64)45-25-21-43(22-26-45)44-23-27-46(28-24-44)61-49(39-65)33-54(34-50(61)40-66)70-59-20-8-7-19-55(59)56-35-53(29-30-60(56)70)69(51-15-3-1-4-16-51)52-17-5-2-6-18-52/h1-36H. The Bertz CT molecular complexity index is 3830. The summed E-state index contributed by atoms with van der Waals surface area (Å²) in [6.07, 6.45) is 0. The molecule has 0 radical (unpaired) electrons. The quantitative estimate of drug-likeness (QED) is 0.141. The lowest BCUT2D eigenvalue weighted by Crippen LogP contribution is -2.09. The second-order valence-corrected chi connectivity index (χ2v) is 16.7. The Balaban J connectivity index is 0.930. The summed E-state index contributed by atoms with van der Waals surface area (Å²) in [5.74, 6) is 0.465. The first-order chi connectivity index (χ1) is 34.5. The third kappa shape index (κ3) is 7.83. The summed E-state index contributed by atoms with van der Waals surface area (Å²) in [5, 5.41) is 42.7. The molecule has 0 atom stereocenters. The first kappa shape index (κ1) is 42.3. The zero-order valence-electron chi connectivity index (χ0n) is 37.4. The molecule has 11 aromatic rings. The number of nitrogens with zero attached hydrogens (tertiary/aromatic N) is 8. The van der Waals surface area contributed by atoms with Gasteiger partial charge in [-0.15, -0.1) is 0 Å². The SMILES string of the molecule is N#Cc1cccc(-c2cc(-c3ccc(-c4ccc(-c5c(C#N)cc(-n6c7ccccc7c7cc(N(c8ccccc8)c8ccccc8)ccc76)cc5C#N)cc4)cc3)nc(-c3cccc(C#N)c3)n2)c1. The number of anilines is 3. The van der Waals surface area contributed by atoms with Crippen LogP contribution in [0.1, 0.15) is 22.3 Å². The van der Waals surface area contributed by atoms with Crippen LogP contribution in [0.4, 0.5) is 17.1 Å². The van der Waals surface area contributed by atoms with Crippen LogP contribution in [0.15, 0.2) is 218 Å². The smallest absolute Gasteiger partial charge is 0.160 e. The van der Waals surface area contributed by atoms with Gasteiger partial charge in [0.2, 0.25) is 0 Å². The Morgan fingerprint density at radius 3 is 1.47 bits per heavy atom. The molecule has 0 fully saturated rings. The zero-order chi connectivity index (χ0) is 47.6. The van der Waals surface area contributed by atoms with Crippen molar-refractivity contribution in [3.05, 3.63) is 241 Å². The van der Waals surface area contributed by atoms with Gasteiger partial charge in [-0.2, -0.15) is 21.0 Å². The zero-order valence-corrected chi connectivity index (χ0v) is 37.4. The van der Waals surface area contributed by atoms with Crippen LogP contribution in [0, 0.1) is 45.3 Å². The van der Waals surface area contributed by atoms with Gasteiger partial charge in [-0.05, 0) is 108 Å². The number of nitriles is 4. The second kappa shape index (κ2) is 18.1. The van der Waals surface area contributed by atoms with Gasteiger partial charge in [0.1, 0.15) is 0 Å². The Morgan fingerprint density at radius 2 is 0.871 bits per heavy atom. The fourth-order valence-electron chi connectivity index (χ4n) is 9.23. The third-order valence-electron chi connectivity index (χ3n) is 12.5. The summed E-state index contributed by atoms with van der Waals surface area (Å²) in [7, 11) is 0. The van der Waals surface area contributed by atoms with Gasteiger partial charge in [0.15, 0.2) is 5.82 Å². The average molecular weight is 893 g/mol. The van der Waals surface area contributed by atoms with Gasteiger partial charge in [-0.25, -0.2) is 9.97 Å². The van der Waals surface area contributed by atoms with Crippen molar-refractivity contribution < 1.29 is 0 Å². The third-order valence-corrected chi connectivity index (χ3v) is 12.5. The number of hydrogen-bond donors (Lipinski definition) is 0. The minimum absolute atomic E-state index is 0.398. The molecular formula is C62H36N8. The molecule has 0 N–H and O–H groups in total. The van der Waals surface area contributed by atoms with E-state index in [0.29, 0.717) is 50.6 Å². The van der Waals surface area contributed by atoms with Gasteiger partial charge < -0.3 is 9.47 Å². The van der Waals surface area contributed by atoms with Gasteiger partial charge in [0.05, 0.1) is 69.0 Å². The van der Waals surface area contributed by atoms with Crippen LogP contribution in [-0.4, -0.2) is 14.5 Å². The van der Waals surface area contributed by atoms with Crippen molar-refractivity contribution in [2.75, 3.05) is 4.90 Å². The molecule has 11 rings (SSSR count). The molecule has 324 valence electrons. The van der Waals surface area contributed by atoms with E-state index in [2.05, 4.69) is 88.3 Å². The van der Waals surface area contributed by atoms with E-state index in [1.165, 1.54) is 0 Å². The lowest BCUT2D eigenvalue weighted by molar-refractivity contribution is 1.17. The van der Waals surface area contributed by atoms with Gasteiger partial charge >= 0.3 is 0 Å². The second-order valence-electron chi connectivity index (χ2n) is 16.7. The molecular weight excluding hydrogens is 857 g/mol. The fraction of sp³-hybridized carbons (Fsp3) is 0. The van der Waals surface area contributed by atoms with Gasteiger partial charge in [0, 0.05) is 55.8 Å². The van der Waals surface area contributed by atoms with Crippen molar-refractivity contribution in [1.29, 1.82) is 21.0 Å². The molecule has 0 aliphatic rings. The molecule has 2 heterocycles. The summed E-state index contributed by atoms with van der Waals surface area (Å²) in [4.78, 5) is 12.0. The van der Waals surface area contributed by atoms with E-state index in [9.17, 15) is 21.0 Å². The number of aromatic nitrogens is 3. The van der Waals surface area contributed by atoms with E-state index in [0.717, 1.165) is 72.4 Å². The predicted octanol–water partition coefficient (Wildman–Crippen LogP) is 14.9. The van der Waals surface area contributed by atoms with Crippen LogP contribution in [-0.2, 0) is 0 Å². The highest BCUT2D eigenvalue weighted by Crippen LogP contribution is 2.41. The van der Waals surface area contributed by atoms with E-state index in [1.54, 1.807) is 24.3 Å². The molecule has 0 amide bonds. The maximum absolute atomic E-state index is 10.7. The fourth-order valence-corrected chi connectivity index (χ4v) is 9.23. The van der Waals surface area contributed by atoms with Crippen LogP contribution in [0.5, 0.6) is 0 Å². The topological polar surface area (TPSA) is 129 Å². The van der Waals surface area contributed by atoms with Crippen LogP contribution < -0.4 is 4.90 Å². The number of fused-ring (bicyclic) bond motifs is 3. The minimum atomic E-state index is 0.398. The number of hydrogen-bond acceptors (Lipinski definition) is 7. The molecule has 0 spiro atoms. The summed E-state index contributed by atoms with van der Waals surface area (Å²) in [5.41, 5.74) is 14.5. The van der Waals surface area contributed by atoms with Crippen LogP contribution in [0.3, 0.4) is 0 Å². The lowest BCUT2D eigenvalue weighted by Gasteiger charge is -2.25. The summed E-state index contributed by atoms with van der Waals surface area (Å²) < 4.78 is 2.14. The highest BCUT2D eigenvalue weighted by molar-refractivity contribution is 6.11. The van der Waals surface area contributed by atoms with Gasteiger partial charge in [-0.3, -0.25) is 0 Å². The Morgan fingerprint density at radius 1 is 0.357 bits per heavy atom. The van der Waals surface area contributed by atoms with E-state index in [-0.39, 0.29) is 0 Å². The monoisotopic (exact) mass is 892 g/mol. The van der Waals surface area contributed by atoms with Crippen molar-refractivity contribution in [2.24, 2.45) is 0 Å². The van der Waals surface area contributed by atoms with E-state index < -0.39 is 0 Å². The molecule has 0 aliphatic heterocycles. The van der Waals surface area contributed by atoms with E-state index in [1.807, 2.05) is 140 Å². The molecule has 9 aromatic carbocycles. The maximum atomic E-state index is 10.7. The average Bonchev–Trinajstić information content (AvgIpc) is 3.77. The first-order valence-corrected chi connectivity index (χ1v) is 22.5. The molecule has 0 unspecified atom stereocenters. The van der Waals surface area contributed by atoms with Crippen LogP contribution in [0.25, 0.3) is 83.6 Å². The maximum Gasteiger partial charge on any atom is 0.160 e. The predicted molar refractivity (Wildman–Crippen MR) is 277 cm³/mol. The Kier molecular flexibility index (Phi) is 10.9. The van der Waals surface area contributed by atoms with Crippen molar-refractivity contribution in [1.82, 2.24) is 14.5 Å².